The van der Waals surface area contributed by atoms with Crippen LogP contribution in [0.5, 0.6) is 0 Å². The molecule has 3 heterocycles. The van der Waals surface area contributed by atoms with Gasteiger partial charge in [-0.25, -0.2) is 13.4 Å². The summed E-state index contributed by atoms with van der Waals surface area (Å²) in [7, 11) is 0.0721. The zero-order valence-corrected chi connectivity index (χ0v) is 16.5. The van der Waals surface area contributed by atoms with Crippen molar-refractivity contribution < 1.29 is 22.7 Å². The molecule has 150 valence electrons. The van der Waals surface area contributed by atoms with Crippen LogP contribution in [0.15, 0.2) is 0 Å². The predicted molar refractivity (Wildman–Crippen MR) is 98.5 cm³/mol. The largest absolute Gasteiger partial charge is 0.383 e. The van der Waals surface area contributed by atoms with E-state index >= 15 is 0 Å². The maximum atomic E-state index is 13.0. The fraction of sp³-hybridized carbons (Fsp3) is 0.706. The molecule has 1 atom stereocenters. The molecule has 0 aliphatic carbocycles. The number of nitrogens with zero attached hydrogens (tertiary/aromatic N) is 3. The molecular weight excluding hydrogens is 372 g/mol. The molecule has 1 fully saturated rings. The molecule has 0 aromatic carbocycles. The van der Waals surface area contributed by atoms with Gasteiger partial charge in [0, 0.05) is 33.3 Å². The molecule has 1 saturated heterocycles. The highest BCUT2D eigenvalue weighted by molar-refractivity contribution is 7.91. The Labute approximate surface area is 159 Å². The molecule has 0 radical (unpaired) electrons. The van der Waals surface area contributed by atoms with Crippen molar-refractivity contribution in [3.05, 3.63) is 17.2 Å². The number of amides is 2. The summed E-state index contributed by atoms with van der Waals surface area (Å²) in [5.74, 6) is -0.359. The fourth-order valence-corrected chi connectivity index (χ4v) is 5.42. The Morgan fingerprint density at radius 3 is 2.81 bits per heavy atom. The third-order valence-corrected chi connectivity index (χ3v) is 6.94. The topological polar surface area (TPSA) is 111 Å². The van der Waals surface area contributed by atoms with Crippen LogP contribution in [0.1, 0.15) is 46.1 Å². The summed E-state index contributed by atoms with van der Waals surface area (Å²) in [6.45, 7) is 1.39. The van der Waals surface area contributed by atoms with Gasteiger partial charge in [0.15, 0.2) is 15.7 Å². The SMILES string of the molecule is COCCNC(=O)c1nc(C(=O)N(C)C2CCS(=O)(=O)C2)n2c1CCCC2. The van der Waals surface area contributed by atoms with Crippen molar-refractivity contribution >= 4 is 21.7 Å². The zero-order chi connectivity index (χ0) is 19.6. The number of fused-ring (bicyclic) bond motifs is 1. The van der Waals surface area contributed by atoms with E-state index in [1.807, 2.05) is 4.57 Å². The van der Waals surface area contributed by atoms with Gasteiger partial charge in [-0.1, -0.05) is 0 Å². The molecule has 2 aliphatic rings. The Bertz CT molecular complexity index is 833. The van der Waals surface area contributed by atoms with E-state index in [0.29, 0.717) is 32.5 Å². The van der Waals surface area contributed by atoms with Crippen molar-refractivity contribution in [1.82, 2.24) is 19.8 Å². The van der Waals surface area contributed by atoms with E-state index < -0.39 is 9.84 Å². The highest BCUT2D eigenvalue weighted by atomic mass is 32.2. The van der Waals surface area contributed by atoms with Crippen molar-refractivity contribution in [2.45, 2.75) is 38.3 Å². The van der Waals surface area contributed by atoms with E-state index in [4.69, 9.17) is 4.74 Å². The van der Waals surface area contributed by atoms with Crippen molar-refractivity contribution in [3.8, 4) is 0 Å². The number of hydrogen-bond donors (Lipinski definition) is 1. The van der Waals surface area contributed by atoms with Gasteiger partial charge in [0.25, 0.3) is 11.8 Å². The Kier molecular flexibility index (Phi) is 5.85. The average molecular weight is 398 g/mol. The number of sulfone groups is 1. The molecule has 1 N–H and O–H groups in total. The van der Waals surface area contributed by atoms with Crippen LogP contribution in [0.4, 0.5) is 0 Å². The van der Waals surface area contributed by atoms with Crippen molar-refractivity contribution in [3.63, 3.8) is 0 Å². The number of nitrogens with one attached hydrogen (secondary N) is 1. The Hall–Kier alpha value is -1.94. The van der Waals surface area contributed by atoms with Crippen LogP contribution in [-0.4, -0.2) is 79.5 Å². The van der Waals surface area contributed by atoms with E-state index in [2.05, 4.69) is 10.3 Å². The summed E-state index contributed by atoms with van der Waals surface area (Å²) in [4.78, 5) is 31.3. The molecule has 0 saturated carbocycles. The van der Waals surface area contributed by atoms with Gasteiger partial charge >= 0.3 is 0 Å². The van der Waals surface area contributed by atoms with E-state index in [9.17, 15) is 18.0 Å². The zero-order valence-electron chi connectivity index (χ0n) is 15.7. The van der Waals surface area contributed by atoms with Crippen LogP contribution in [0, 0.1) is 0 Å². The molecule has 1 unspecified atom stereocenters. The molecule has 1 aromatic heterocycles. The molecule has 3 rings (SSSR count). The molecule has 1 aromatic rings. The molecule has 0 spiro atoms. The number of aromatic nitrogens is 2. The minimum atomic E-state index is -3.09. The number of imidazole rings is 1. The molecule has 0 bridgehead atoms. The summed E-state index contributed by atoms with van der Waals surface area (Å²) < 4.78 is 30.2. The first kappa shape index (κ1) is 19.8. The molecule has 2 amide bonds. The maximum Gasteiger partial charge on any atom is 0.289 e. The average Bonchev–Trinajstić information content (AvgIpc) is 3.21. The van der Waals surface area contributed by atoms with Gasteiger partial charge in [0.1, 0.15) is 5.69 Å². The monoisotopic (exact) mass is 398 g/mol. The Morgan fingerprint density at radius 2 is 2.15 bits per heavy atom. The van der Waals surface area contributed by atoms with Crippen molar-refractivity contribution in [1.29, 1.82) is 0 Å². The fourth-order valence-electron chi connectivity index (χ4n) is 3.64. The minimum absolute atomic E-state index is 0.0207. The minimum Gasteiger partial charge on any atom is -0.383 e. The van der Waals surface area contributed by atoms with E-state index in [0.717, 1.165) is 18.5 Å². The molecule has 9 nitrogen and oxygen atoms in total. The third kappa shape index (κ3) is 4.16. The first-order chi connectivity index (χ1) is 12.8. The number of methoxy groups -OCH3 is 1. The first-order valence-corrected chi connectivity index (χ1v) is 11.0. The number of hydrogen-bond acceptors (Lipinski definition) is 6. The summed E-state index contributed by atoms with van der Waals surface area (Å²) in [6.07, 6.45) is 2.97. The summed E-state index contributed by atoms with van der Waals surface area (Å²) in [5.41, 5.74) is 1.05. The van der Waals surface area contributed by atoms with Crippen molar-refractivity contribution in [2.24, 2.45) is 0 Å². The van der Waals surface area contributed by atoms with Crippen LogP contribution in [0.3, 0.4) is 0 Å². The van der Waals surface area contributed by atoms with Gasteiger partial charge in [-0.2, -0.15) is 0 Å². The van der Waals surface area contributed by atoms with Gasteiger partial charge in [-0.15, -0.1) is 0 Å². The second-order valence-corrected chi connectivity index (χ2v) is 9.29. The standard InChI is InChI=1S/C17H26N4O5S/c1-20(12-6-10-27(24,25)11-12)17(23)15-19-14(16(22)18-7-9-26-2)13-5-3-4-8-21(13)15/h12H,3-11H2,1-2H3,(H,18,22). The summed E-state index contributed by atoms with van der Waals surface area (Å²) in [5, 5.41) is 2.75. The summed E-state index contributed by atoms with van der Waals surface area (Å²) >= 11 is 0. The van der Waals surface area contributed by atoms with Gasteiger partial charge in [-0.05, 0) is 25.7 Å². The lowest BCUT2D eigenvalue weighted by Crippen LogP contribution is -2.39. The van der Waals surface area contributed by atoms with Crippen LogP contribution in [0.25, 0.3) is 0 Å². The molecule has 27 heavy (non-hydrogen) atoms. The molecule has 10 heteroatoms. The molecule has 2 aliphatic heterocycles. The number of rotatable bonds is 6. The second-order valence-electron chi connectivity index (χ2n) is 7.06. The van der Waals surface area contributed by atoms with E-state index in [-0.39, 0.29) is 40.9 Å². The van der Waals surface area contributed by atoms with Crippen LogP contribution in [-0.2, 0) is 27.5 Å². The van der Waals surface area contributed by atoms with E-state index in [1.165, 1.54) is 4.90 Å². The number of ether oxygens (including phenoxy) is 1. The Morgan fingerprint density at radius 1 is 1.37 bits per heavy atom. The van der Waals surface area contributed by atoms with Gasteiger partial charge in [-0.3, -0.25) is 9.59 Å². The first-order valence-electron chi connectivity index (χ1n) is 9.18. The lowest BCUT2D eigenvalue weighted by Gasteiger charge is -2.24. The van der Waals surface area contributed by atoms with Crippen LogP contribution < -0.4 is 5.32 Å². The number of carbonyl (C=O) groups is 2. The quantitative estimate of drug-likeness (QED) is 0.668. The van der Waals surface area contributed by atoms with Gasteiger partial charge < -0.3 is 19.5 Å². The summed E-state index contributed by atoms with van der Waals surface area (Å²) in [6, 6.07) is -0.349. The highest BCUT2D eigenvalue weighted by Gasteiger charge is 2.36. The van der Waals surface area contributed by atoms with Gasteiger partial charge in [0.05, 0.1) is 23.8 Å². The van der Waals surface area contributed by atoms with Crippen LogP contribution >= 0.6 is 0 Å². The maximum absolute atomic E-state index is 13.0. The van der Waals surface area contributed by atoms with Gasteiger partial charge in [0.2, 0.25) is 0 Å². The number of carbonyl (C=O) groups excluding carboxylic acids is 2. The van der Waals surface area contributed by atoms with Crippen molar-refractivity contribution in [2.75, 3.05) is 38.8 Å². The normalized spacial score (nSPS) is 20.9. The highest BCUT2D eigenvalue weighted by Crippen LogP contribution is 2.24. The second kappa shape index (κ2) is 7.97. The van der Waals surface area contributed by atoms with E-state index in [1.54, 1.807) is 14.2 Å². The Balaban J connectivity index is 1.84. The lowest BCUT2D eigenvalue weighted by molar-refractivity contribution is 0.0729. The third-order valence-electron chi connectivity index (χ3n) is 5.19. The van der Waals surface area contributed by atoms with Crippen LogP contribution in [0.2, 0.25) is 0 Å². The smallest absolute Gasteiger partial charge is 0.289 e. The lowest BCUT2D eigenvalue weighted by atomic mass is 10.1. The predicted octanol–water partition coefficient (Wildman–Crippen LogP) is -0.145. The molecular formula is C17H26N4O5S.